The Bertz CT molecular complexity index is 183. The lowest BCUT2D eigenvalue weighted by Crippen LogP contribution is -2.34. The number of rotatable bonds is 5. The lowest BCUT2D eigenvalue weighted by Gasteiger charge is -2.14. The van der Waals surface area contributed by atoms with Gasteiger partial charge >= 0.3 is 12.3 Å². The van der Waals surface area contributed by atoms with Gasteiger partial charge in [0.15, 0.2) is 0 Å². The van der Waals surface area contributed by atoms with E-state index < -0.39 is 19.0 Å². The molecule has 0 saturated carbocycles. The van der Waals surface area contributed by atoms with Crippen LogP contribution in [0.5, 0.6) is 0 Å². The fraction of sp³-hybridized carbons (Fsp3) is 0.833. The van der Waals surface area contributed by atoms with Crippen molar-refractivity contribution in [3.63, 3.8) is 0 Å². The summed E-state index contributed by atoms with van der Waals surface area (Å²) in [4.78, 5) is 3.39. The second kappa shape index (κ2) is 5.00. The maximum absolute atomic E-state index is 12.1. The smallest absolute Gasteiger partial charge is 0.330 e. The highest BCUT2D eigenvalue weighted by atomic mass is 19.3. The van der Waals surface area contributed by atoms with Crippen molar-refractivity contribution in [2.24, 2.45) is 10.7 Å². The summed E-state index contributed by atoms with van der Waals surface area (Å²) < 4.78 is 51.6. The SMILES string of the molecule is CN=C(N)COCC(F)(F)C(F)F. The molecule has 0 unspecified atom stereocenters. The van der Waals surface area contributed by atoms with Crippen LogP contribution in [0.25, 0.3) is 0 Å². The topological polar surface area (TPSA) is 47.6 Å². The Balaban J connectivity index is 3.76. The molecule has 0 aromatic rings. The predicted molar refractivity (Wildman–Crippen MR) is 39.3 cm³/mol. The monoisotopic (exact) mass is 202 g/mol. The summed E-state index contributed by atoms with van der Waals surface area (Å²) in [6, 6.07) is 0. The van der Waals surface area contributed by atoms with Gasteiger partial charge in [-0.05, 0) is 0 Å². The first-order valence-electron chi connectivity index (χ1n) is 3.35. The Morgan fingerprint density at radius 1 is 1.54 bits per heavy atom. The largest absolute Gasteiger partial charge is 0.386 e. The Kier molecular flexibility index (Phi) is 4.68. The highest BCUT2D eigenvalue weighted by Crippen LogP contribution is 2.22. The predicted octanol–water partition coefficient (Wildman–Crippen LogP) is 0.890. The fourth-order valence-corrected chi connectivity index (χ4v) is 0.419. The van der Waals surface area contributed by atoms with Crippen molar-refractivity contribution in [3.05, 3.63) is 0 Å². The van der Waals surface area contributed by atoms with Crippen molar-refractivity contribution in [1.82, 2.24) is 0 Å². The lowest BCUT2D eigenvalue weighted by atomic mass is 10.4. The first-order valence-corrected chi connectivity index (χ1v) is 3.35. The summed E-state index contributed by atoms with van der Waals surface area (Å²) in [5.74, 6) is -4.15. The molecule has 0 amide bonds. The van der Waals surface area contributed by atoms with Gasteiger partial charge in [0.2, 0.25) is 0 Å². The van der Waals surface area contributed by atoms with E-state index in [-0.39, 0.29) is 12.4 Å². The summed E-state index contributed by atoms with van der Waals surface area (Å²) in [5, 5.41) is 0. The summed E-state index contributed by atoms with van der Waals surface area (Å²) in [6.45, 7) is -1.74. The number of aliphatic imine (C=N–C) groups is 1. The molecule has 0 aliphatic heterocycles. The second-order valence-corrected chi connectivity index (χ2v) is 2.27. The first kappa shape index (κ1) is 12.2. The van der Waals surface area contributed by atoms with E-state index in [9.17, 15) is 17.6 Å². The number of alkyl halides is 4. The van der Waals surface area contributed by atoms with Crippen LogP contribution in [-0.4, -0.2) is 38.4 Å². The summed E-state index contributed by atoms with van der Waals surface area (Å²) in [7, 11) is 1.34. The zero-order valence-electron chi connectivity index (χ0n) is 6.94. The number of nitrogens with zero attached hydrogens (tertiary/aromatic N) is 1. The van der Waals surface area contributed by atoms with Crippen LogP contribution in [0.15, 0.2) is 4.99 Å². The average molecular weight is 202 g/mol. The Morgan fingerprint density at radius 2 is 2.08 bits per heavy atom. The highest BCUT2D eigenvalue weighted by molar-refractivity contribution is 5.81. The van der Waals surface area contributed by atoms with Crippen LogP contribution in [0.4, 0.5) is 17.6 Å². The summed E-state index contributed by atoms with van der Waals surface area (Å²) >= 11 is 0. The molecule has 0 saturated heterocycles. The van der Waals surface area contributed by atoms with Crippen molar-refractivity contribution in [2.45, 2.75) is 12.3 Å². The minimum atomic E-state index is -4.13. The molecule has 0 fully saturated rings. The number of halogens is 4. The van der Waals surface area contributed by atoms with Crippen LogP contribution in [0.1, 0.15) is 0 Å². The molecule has 78 valence electrons. The number of hydrogen-bond acceptors (Lipinski definition) is 2. The maximum atomic E-state index is 12.1. The molecule has 0 aromatic carbocycles. The molecule has 3 nitrogen and oxygen atoms in total. The normalized spacial score (nSPS) is 13.8. The molecule has 2 N–H and O–H groups in total. The molecule has 0 atom stereocenters. The molecular formula is C6H10F4N2O. The minimum absolute atomic E-state index is 0.0231. The van der Waals surface area contributed by atoms with Crippen molar-refractivity contribution in [3.8, 4) is 0 Å². The third-order valence-corrected chi connectivity index (χ3v) is 1.15. The molecule has 13 heavy (non-hydrogen) atoms. The van der Waals surface area contributed by atoms with Gasteiger partial charge in [0.05, 0.1) is 0 Å². The van der Waals surface area contributed by atoms with Gasteiger partial charge in [0.25, 0.3) is 0 Å². The average Bonchev–Trinajstić information content (AvgIpc) is 2.03. The van der Waals surface area contributed by atoms with Crippen molar-refractivity contribution >= 4 is 5.84 Å². The van der Waals surface area contributed by atoms with E-state index in [0.29, 0.717) is 0 Å². The molecule has 0 radical (unpaired) electrons. The van der Waals surface area contributed by atoms with Crippen LogP contribution in [0.2, 0.25) is 0 Å². The zero-order valence-corrected chi connectivity index (χ0v) is 6.94. The van der Waals surface area contributed by atoms with E-state index in [1.807, 2.05) is 0 Å². The van der Waals surface area contributed by atoms with Gasteiger partial charge in [-0.15, -0.1) is 0 Å². The Morgan fingerprint density at radius 3 is 2.46 bits per heavy atom. The van der Waals surface area contributed by atoms with Gasteiger partial charge in [0, 0.05) is 7.05 Å². The van der Waals surface area contributed by atoms with Crippen LogP contribution in [-0.2, 0) is 4.74 Å². The van der Waals surface area contributed by atoms with Crippen molar-refractivity contribution < 1.29 is 22.3 Å². The fourth-order valence-electron chi connectivity index (χ4n) is 0.419. The van der Waals surface area contributed by atoms with Gasteiger partial charge in [-0.25, -0.2) is 8.78 Å². The lowest BCUT2D eigenvalue weighted by molar-refractivity contribution is -0.162. The van der Waals surface area contributed by atoms with Crippen molar-refractivity contribution in [1.29, 1.82) is 0 Å². The van der Waals surface area contributed by atoms with E-state index >= 15 is 0 Å². The second-order valence-electron chi connectivity index (χ2n) is 2.27. The van der Waals surface area contributed by atoms with Gasteiger partial charge in [-0.2, -0.15) is 8.78 Å². The molecule has 0 aliphatic rings. The number of hydrogen-bond donors (Lipinski definition) is 1. The Labute approximate surface area is 72.6 Å². The van der Waals surface area contributed by atoms with Gasteiger partial charge < -0.3 is 10.5 Å². The Hall–Kier alpha value is -0.850. The van der Waals surface area contributed by atoms with E-state index in [2.05, 4.69) is 9.73 Å². The van der Waals surface area contributed by atoms with E-state index in [0.717, 1.165) is 0 Å². The summed E-state index contributed by atoms with van der Waals surface area (Å²) in [6.07, 6.45) is -3.73. The third-order valence-electron chi connectivity index (χ3n) is 1.15. The minimum Gasteiger partial charge on any atom is -0.386 e. The van der Waals surface area contributed by atoms with Crippen LogP contribution in [0.3, 0.4) is 0 Å². The number of amidine groups is 1. The standard InChI is InChI=1S/C6H10F4N2O/c1-12-4(11)2-13-3-6(9,10)5(7)8/h5H,2-3H2,1H3,(H2,11,12). The van der Waals surface area contributed by atoms with Gasteiger partial charge in [-0.3, -0.25) is 4.99 Å². The van der Waals surface area contributed by atoms with Gasteiger partial charge in [0.1, 0.15) is 19.0 Å². The summed E-state index contributed by atoms with van der Waals surface area (Å²) in [5.41, 5.74) is 5.07. The quantitative estimate of drug-likeness (QED) is 0.409. The first-order chi connectivity index (χ1) is 5.90. The van der Waals surface area contributed by atoms with E-state index in [1.54, 1.807) is 0 Å². The van der Waals surface area contributed by atoms with E-state index in [1.165, 1.54) is 7.05 Å². The number of ether oxygens (including phenoxy) is 1. The molecule has 0 aliphatic carbocycles. The maximum Gasteiger partial charge on any atom is 0.330 e. The molecule has 0 aromatic heterocycles. The molecule has 0 heterocycles. The van der Waals surface area contributed by atoms with E-state index in [4.69, 9.17) is 5.73 Å². The highest BCUT2D eigenvalue weighted by Gasteiger charge is 2.40. The number of nitrogens with two attached hydrogens (primary N) is 1. The molecule has 0 rings (SSSR count). The third kappa shape index (κ3) is 4.66. The van der Waals surface area contributed by atoms with Crippen LogP contribution in [0, 0.1) is 0 Å². The molecular weight excluding hydrogens is 192 g/mol. The molecule has 0 spiro atoms. The van der Waals surface area contributed by atoms with Crippen LogP contribution < -0.4 is 5.73 Å². The van der Waals surface area contributed by atoms with Crippen LogP contribution >= 0.6 is 0 Å². The molecule has 0 bridgehead atoms. The zero-order chi connectivity index (χ0) is 10.5. The van der Waals surface area contributed by atoms with Crippen molar-refractivity contribution in [2.75, 3.05) is 20.3 Å². The molecule has 7 heteroatoms. The van der Waals surface area contributed by atoms with Gasteiger partial charge in [-0.1, -0.05) is 0 Å².